The maximum atomic E-state index is 12.5. The molecule has 0 aliphatic carbocycles. The van der Waals surface area contributed by atoms with E-state index in [2.05, 4.69) is 4.98 Å². The Morgan fingerprint density at radius 1 is 1.14 bits per heavy atom. The van der Waals surface area contributed by atoms with Crippen molar-refractivity contribution in [3.05, 3.63) is 59.9 Å². The molecule has 0 saturated heterocycles. The predicted molar refractivity (Wildman–Crippen MR) is 87.7 cm³/mol. The summed E-state index contributed by atoms with van der Waals surface area (Å²) < 4.78 is 0. The van der Waals surface area contributed by atoms with Crippen molar-refractivity contribution in [1.29, 1.82) is 0 Å². The summed E-state index contributed by atoms with van der Waals surface area (Å²) >= 11 is 1.68. The number of thioether (sulfide) groups is 1. The second-order valence-electron chi connectivity index (χ2n) is 4.72. The summed E-state index contributed by atoms with van der Waals surface area (Å²) in [6.45, 7) is 3.46. The van der Waals surface area contributed by atoms with Gasteiger partial charge in [0.25, 0.3) is 5.91 Å². The number of likely N-dealkylation sites (N-methyl/N-ethyl adjacent to an activating group) is 1. The van der Waals surface area contributed by atoms with E-state index in [0.717, 1.165) is 18.5 Å². The zero-order valence-electron chi connectivity index (χ0n) is 12.5. The van der Waals surface area contributed by atoms with E-state index in [4.69, 9.17) is 0 Å². The number of carbonyl (C=O) groups excluding carboxylic acids is 1. The Bertz CT molecular complexity index is 569. The summed E-state index contributed by atoms with van der Waals surface area (Å²) in [6.07, 6.45) is 6.46. The van der Waals surface area contributed by atoms with Gasteiger partial charge in [-0.3, -0.25) is 9.78 Å². The van der Waals surface area contributed by atoms with Crippen LogP contribution in [0.25, 0.3) is 0 Å². The predicted octanol–water partition coefficient (Wildman–Crippen LogP) is 3.51. The molecule has 0 saturated carbocycles. The molecule has 2 aromatic rings. The van der Waals surface area contributed by atoms with Gasteiger partial charge in [-0.25, -0.2) is 0 Å². The highest BCUT2D eigenvalue weighted by Gasteiger charge is 2.13. The summed E-state index contributed by atoms with van der Waals surface area (Å²) in [6, 6.07) is 11.8. The highest BCUT2D eigenvalue weighted by molar-refractivity contribution is 7.98. The summed E-state index contributed by atoms with van der Waals surface area (Å²) in [5, 5.41) is 0. The van der Waals surface area contributed by atoms with Crippen molar-refractivity contribution in [2.24, 2.45) is 0 Å². The Balaban J connectivity index is 2.00. The number of carbonyl (C=O) groups is 1. The van der Waals surface area contributed by atoms with Crippen LogP contribution in [0.15, 0.2) is 53.7 Å². The van der Waals surface area contributed by atoms with Crippen LogP contribution >= 0.6 is 11.8 Å². The molecule has 0 fully saturated rings. The van der Waals surface area contributed by atoms with E-state index in [9.17, 15) is 4.79 Å². The second kappa shape index (κ2) is 7.84. The average Bonchev–Trinajstić information content (AvgIpc) is 2.56. The highest BCUT2D eigenvalue weighted by atomic mass is 32.2. The van der Waals surface area contributed by atoms with E-state index in [0.29, 0.717) is 6.54 Å². The molecule has 1 amide bonds. The van der Waals surface area contributed by atoms with Crippen molar-refractivity contribution in [3.8, 4) is 0 Å². The van der Waals surface area contributed by atoms with Gasteiger partial charge in [0.05, 0.1) is 0 Å². The molecular weight excluding hydrogens is 280 g/mol. The van der Waals surface area contributed by atoms with Crippen LogP contribution in [0.2, 0.25) is 0 Å². The number of aromatic nitrogens is 1. The van der Waals surface area contributed by atoms with Crippen LogP contribution in [-0.2, 0) is 6.42 Å². The first-order valence-corrected chi connectivity index (χ1v) is 8.29. The van der Waals surface area contributed by atoms with E-state index >= 15 is 0 Å². The Morgan fingerprint density at radius 3 is 2.38 bits per heavy atom. The molecule has 0 N–H and O–H groups in total. The fraction of sp³-hybridized carbons (Fsp3) is 0.294. The summed E-state index contributed by atoms with van der Waals surface area (Å²) in [5.74, 6) is 0.0965. The van der Waals surface area contributed by atoms with Gasteiger partial charge in [0.15, 0.2) is 0 Å². The molecule has 4 heteroatoms. The Labute approximate surface area is 130 Å². The van der Waals surface area contributed by atoms with Gasteiger partial charge in [-0.1, -0.05) is 0 Å². The second-order valence-corrected chi connectivity index (χ2v) is 5.60. The van der Waals surface area contributed by atoms with Crippen LogP contribution in [0.4, 0.5) is 0 Å². The minimum atomic E-state index is 0.0965. The van der Waals surface area contributed by atoms with Gasteiger partial charge in [-0.2, -0.15) is 0 Å². The molecular formula is C17H20N2OS. The van der Waals surface area contributed by atoms with E-state index in [-0.39, 0.29) is 5.91 Å². The van der Waals surface area contributed by atoms with Crippen LogP contribution in [-0.4, -0.2) is 35.1 Å². The monoisotopic (exact) mass is 300 g/mol. The minimum Gasteiger partial charge on any atom is -0.339 e. The molecule has 0 spiro atoms. The lowest BCUT2D eigenvalue weighted by Crippen LogP contribution is -2.32. The zero-order chi connectivity index (χ0) is 15.1. The third kappa shape index (κ3) is 4.33. The molecule has 2 rings (SSSR count). The molecule has 3 nitrogen and oxygen atoms in total. The first kappa shape index (κ1) is 15.6. The molecule has 110 valence electrons. The van der Waals surface area contributed by atoms with E-state index < -0.39 is 0 Å². The van der Waals surface area contributed by atoms with Gasteiger partial charge in [0.1, 0.15) is 0 Å². The molecule has 0 atom stereocenters. The van der Waals surface area contributed by atoms with E-state index in [1.165, 1.54) is 10.5 Å². The number of pyridine rings is 1. The molecule has 0 radical (unpaired) electrons. The van der Waals surface area contributed by atoms with Gasteiger partial charge in [0.2, 0.25) is 0 Å². The van der Waals surface area contributed by atoms with Crippen LogP contribution in [0.3, 0.4) is 0 Å². The molecule has 0 bridgehead atoms. The standard InChI is InChI=1S/C17H20N2OS/c1-3-19(13-10-14-8-11-18-12-9-14)17(20)15-4-6-16(21-2)7-5-15/h4-9,11-12H,3,10,13H2,1-2H3. The quantitative estimate of drug-likeness (QED) is 0.765. The number of rotatable bonds is 6. The number of amides is 1. The van der Waals surface area contributed by atoms with E-state index in [1.807, 2.05) is 54.5 Å². The number of nitrogens with zero attached hydrogens (tertiary/aromatic N) is 2. The normalized spacial score (nSPS) is 10.4. The Kier molecular flexibility index (Phi) is 5.81. The highest BCUT2D eigenvalue weighted by Crippen LogP contribution is 2.16. The van der Waals surface area contributed by atoms with Crippen molar-refractivity contribution in [2.75, 3.05) is 19.3 Å². The van der Waals surface area contributed by atoms with Gasteiger partial charge >= 0.3 is 0 Å². The van der Waals surface area contributed by atoms with Crippen molar-refractivity contribution >= 4 is 17.7 Å². The van der Waals surface area contributed by atoms with Crippen LogP contribution in [0.5, 0.6) is 0 Å². The van der Waals surface area contributed by atoms with Crippen LogP contribution in [0, 0.1) is 0 Å². The number of hydrogen-bond acceptors (Lipinski definition) is 3. The fourth-order valence-corrected chi connectivity index (χ4v) is 2.54. The van der Waals surface area contributed by atoms with Crippen LogP contribution < -0.4 is 0 Å². The van der Waals surface area contributed by atoms with Gasteiger partial charge < -0.3 is 4.90 Å². The molecule has 0 aliphatic rings. The van der Waals surface area contributed by atoms with Crippen LogP contribution in [0.1, 0.15) is 22.8 Å². The molecule has 21 heavy (non-hydrogen) atoms. The first-order valence-electron chi connectivity index (χ1n) is 7.07. The topological polar surface area (TPSA) is 33.2 Å². The molecule has 1 aromatic carbocycles. The number of hydrogen-bond donors (Lipinski definition) is 0. The average molecular weight is 300 g/mol. The minimum absolute atomic E-state index is 0.0965. The SMILES string of the molecule is CCN(CCc1ccncc1)C(=O)c1ccc(SC)cc1. The number of benzene rings is 1. The maximum Gasteiger partial charge on any atom is 0.253 e. The lowest BCUT2D eigenvalue weighted by Gasteiger charge is -2.21. The summed E-state index contributed by atoms with van der Waals surface area (Å²) in [5.41, 5.74) is 1.96. The van der Waals surface area contributed by atoms with Crippen molar-refractivity contribution in [3.63, 3.8) is 0 Å². The Morgan fingerprint density at radius 2 is 1.81 bits per heavy atom. The zero-order valence-corrected chi connectivity index (χ0v) is 13.3. The molecule has 1 aromatic heterocycles. The van der Waals surface area contributed by atoms with Gasteiger partial charge in [-0.15, -0.1) is 11.8 Å². The third-order valence-corrected chi connectivity index (χ3v) is 4.17. The van der Waals surface area contributed by atoms with Crippen molar-refractivity contribution in [2.45, 2.75) is 18.2 Å². The largest absolute Gasteiger partial charge is 0.339 e. The first-order chi connectivity index (χ1) is 10.2. The molecule has 0 unspecified atom stereocenters. The van der Waals surface area contributed by atoms with Gasteiger partial charge in [0, 0.05) is 35.9 Å². The lowest BCUT2D eigenvalue weighted by atomic mass is 10.1. The van der Waals surface area contributed by atoms with Crippen molar-refractivity contribution in [1.82, 2.24) is 9.88 Å². The third-order valence-electron chi connectivity index (χ3n) is 3.43. The molecule has 0 aliphatic heterocycles. The molecule has 1 heterocycles. The smallest absolute Gasteiger partial charge is 0.253 e. The lowest BCUT2D eigenvalue weighted by molar-refractivity contribution is 0.0766. The van der Waals surface area contributed by atoms with Gasteiger partial charge in [-0.05, 0) is 61.6 Å². The summed E-state index contributed by atoms with van der Waals surface area (Å²) in [4.78, 5) is 19.6. The van der Waals surface area contributed by atoms with E-state index in [1.54, 1.807) is 24.2 Å². The maximum absolute atomic E-state index is 12.5. The van der Waals surface area contributed by atoms with Crippen molar-refractivity contribution < 1.29 is 4.79 Å². The Hall–Kier alpha value is -1.81. The fourth-order valence-electron chi connectivity index (χ4n) is 2.13. The summed E-state index contributed by atoms with van der Waals surface area (Å²) in [7, 11) is 0.